The van der Waals surface area contributed by atoms with E-state index in [-0.39, 0.29) is 6.09 Å². The largest absolute Gasteiger partial charge is 0.444 e. The molecule has 0 aromatic carbocycles. The average molecular weight is 359 g/mol. The minimum atomic E-state index is -0.602. The molecular formula is C20H29N3O3. The van der Waals surface area contributed by atoms with Gasteiger partial charge in [-0.1, -0.05) is 12.5 Å². The van der Waals surface area contributed by atoms with Gasteiger partial charge in [-0.3, -0.25) is 0 Å². The van der Waals surface area contributed by atoms with Gasteiger partial charge in [-0.15, -0.1) is 0 Å². The summed E-state index contributed by atoms with van der Waals surface area (Å²) >= 11 is 0. The van der Waals surface area contributed by atoms with Crippen molar-refractivity contribution in [2.45, 2.75) is 65.2 Å². The van der Waals surface area contributed by atoms with Gasteiger partial charge < -0.3 is 19.1 Å². The van der Waals surface area contributed by atoms with Gasteiger partial charge in [0.05, 0.1) is 18.3 Å². The van der Waals surface area contributed by atoms with Crippen LogP contribution in [0.3, 0.4) is 0 Å². The molecule has 0 spiro atoms. The van der Waals surface area contributed by atoms with E-state index in [0.29, 0.717) is 18.2 Å². The van der Waals surface area contributed by atoms with E-state index in [0.717, 1.165) is 17.8 Å². The van der Waals surface area contributed by atoms with Crippen LogP contribution >= 0.6 is 0 Å². The molecule has 1 N–H and O–H groups in total. The Kier molecular flexibility index (Phi) is 5.23. The number of carbonyl (C=O) groups excluding carboxylic acids is 1. The van der Waals surface area contributed by atoms with Crippen molar-refractivity contribution >= 4 is 11.7 Å². The number of pyridine rings is 1. The first-order chi connectivity index (χ1) is 12.2. The summed E-state index contributed by atoms with van der Waals surface area (Å²) in [7, 11) is 0. The Labute approximate surface area is 154 Å². The number of imidazole rings is 1. The first-order valence-electron chi connectivity index (χ1n) is 9.35. The summed E-state index contributed by atoms with van der Waals surface area (Å²) in [5, 5.41) is 9.71. The van der Waals surface area contributed by atoms with Gasteiger partial charge in [0.1, 0.15) is 11.2 Å². The Balaban J connectivity index is 1.78. The number of nitrogens with zero attached hydrogens (tertiary/aromatic N) is 3. The molecule has 2 aromatic rings. The van der Waals surface area contributed by atoms with Crippen LogP contribution in [0.4, 0.5) is 4.79 Å². The predicted molar refractivity (Wildman–Crippen MR) is 99.8 cm³/mol. The van der Waals surface area contributed by atoms with E-state index in [4.69, 9.17) is 4.74 Å². The maximum atomic E-state index is 12.6. The number of aliphatic hydroxyl groups is 1. The molecule has 1 atom stereocenters. The third-order valence-corrected chi connectivity index (χ3v) is 4.69. The molecule has 26 heavy (non-hydrogen) atoms. The van der Waals surface area contributed by atoms with Crippen molar-refractivity contribution < 1.29 is 14.6 Å². The fourth-order valence-corrected chi connectivity index (χ4v) is 3.09. The van der Waals surface area contributed by atoms with Gasteiger partial charge >= 0.3 is 6.09 Å². The molecule has 0 radical (unpaired) electrons. The summed E-state index contributed by atoms with van der Waals surface area (Å²) in [6, 6.07) is 3.89. The highest BCUT2D eigenvalue weighted by Gasteiger charge is 2.27. The minimum absolute atomic E-state index is 0.264. The van der Waals surface area contributed by atoms with E-state index in [1.54, 1.807) is 6.92 Å². The maximum Gasteiger partial charge on any atom is 0.410 e. The summed E-state index contributed by atoms with van der Waals surface area (Å²) in [5.41, 5.74) is 1.93. The average Bonchev–Trinajstić information content (AvgIpc) is 2.91. The molecular weight excluding hydrogens is 330 g/mol. The smallest absolute Gasteiger partial charge is 0.410 e. The number of ether oxygens (including phenoxy) is 1. The summed E-state index contributed by atoms with van der Waals surface area (Å²) < 4.78 is 7.50. The van der Waals surface area contributed by atoms with Gasteiger partial charge in [-0.05, 0) is 58.1 Å². The van der Waals surface area contributed by atoms with Crippen LogP contribution in [0.15, 0.2) is 24.5 Å². The third kappa shape index (κ3) is 4.55. The molecule has 6 nitrogen and oxygen atoms in total. The van der Waals surface area contributed by atoms with Crippen molar-refractivity contribution in [3.63, 3.8) is 0 Å². The first kappa shape index (κ1) is 18.7. The van der Waals surface area contributed by atoms with E-state index < -0.39 is 11.7 Å². The molecule has 1 amide bonds. The normalized spacial score (nSPS) is 16.3. The van der Waals surface area contributed by atoms with Crippen LogP contribution < -0.4 is 0 Å². The van der Waals surface area contributed by atoms with Gasteiger partial charge in [-0.25, -0.2) is 9.78 Å². The Morgan fingerprint density at radius 1 is 1.38 bits per heavy atom. The quantitative estimate of drug-likeness (QED) is 0.878. The Bertz CT molecular complexity index is 772. The van der Waals surface area contributed by atoms with Crippen molar-refractivity contribution in [2.75, 3.05) is 6.54 Å². The van der Waals surface area contributed by atoms with Gasteiger partial charge in [0.25, 0.3) is 0 Å². The highest BCUT2D eigenvalue weighted by molar-refractivity contribution is 5.68. The van der Waals surface area contributed by atoms with E-state index in [1.165, 1.54) is 19.3 Å². The number of aliphatic hydroxyl groups excluding tert-OH is 1. The molecule has 0 saturated heterocycles. The zero-order valence-corrected chi connectivity index (χ0v) is 16.1. The molecule has 142 valence electrons. The van der Waals surface area contributed by atoms with Crippen LogP contribution in [-0.4, -0.2) is 37.6 Å². The monoisotopic (exact) mass is 359 g/mol. The van der Waals surface area contributed by atoms with Gasteiger partial charge in [0.15, 0.2) is 0 Å². The van der Waals surface area contributed by atoms with Crippen molar-refractivity contribution in [1.29, 1.82) is 0 Å². The number of hydrogen-bond donors (Lipinski definition) is 1. The molecule has 1 aliphatic carbocycles. The Hall–Kier alpha value is -2.08. The SMILES string of the molecule is CC(O)c1cn2cc(CN(CC3CCC3)C(=O)OC(C)(C)C)ccc2n1. The topological polar surface area (TPSA) is 67.1 Å². The van der Waals surface area contributed by atoms with Crippen LogP contribution in [0.5, 0.6) is 0 Å². The van der Waals surface area contributed by atoms with Crippen molar-refractivity contribution in [2.24, 2.45) is 5.92 Å². The fraction of sp³-hybridized carbons (Fsp3) is 0.600. The van der Waals surface area contributed by atoms with Crippen LogP contribution in [0.25, 0.3) is 5.65 Å². The second kappa shape index (κ2) is 7.27. The number of aromatic nitrogens is 2. The van der Waals surface area contributed by atoms with Crippen molar-refractivity contribution in [1.82, 2.24) is 14.3 Å². The Morgan fingerprint density at radius 3 is 2.69 bits per heavy atom. The fourth-order valence-electron chi connectivity index (χ4n) is 3.09. The molecule has 1 unspecified atom stereocenters. The zero-order valence-electron chi connectivity index (χ0n) is 16.1. The minimum Gasteiger partial charge on any atom is -0.444 e. The molecule has 0 aliphatic heterocycles. The lowest BCUT2D eigenvalue weighted by Gasteiger charge is -2.33. The molecule has 2 aromatic heterocycles. The molecule has 0 bridgehead atoms. The van der Waals surface area contributed by atoms with Crippen LogP contribution in [0.2, 0.25) is 0 Å². The number of amides is 1. The zero-order chi connectivity index (χ0) is 18.9. The predicted octanol–water partition coefficient (Wildman–Crippen LogP) is 3.92. The lowest BCUT2D eigenvalue weighted by atomic mass is 9.85. The lowest BCUT2D eigenvalue weighted by molar-refractivity contribution is 0.0173. The van der Waals surface area contributed by atoms with Crippen LogP contribution in [0.1, 0.15) is 64.3 Å². The van der Waals surface area contributed by atoms with E-state index in [1.807, 2.05) is 54.6 Å². The summed E-state index contributed by atoms with van der Waals surface area (Å²) in [4.78, 5) is 18.9. The maximum absolute atomic E-state index is 12.6. The van der Waals surface area contributed by atoms with E-state index >= 15 is 0 Å². The molecule has 1 aliphatic rings. The Morgan fingerprint density at radius 2 is 2.12 bits per heavy atom. The highest BCUT2D eigenvalue weighted by Crippen LogP contribution is 2.28. The summed E-state index contributed by atoms with van der Waals surface area (Å²) in [6.07, 6.45) is 6.53. The van der Waals surface area contributed by atoms with E-state index in [9.17, 15) is 9.90 Å². The van der Waals surface area contributed by atoms with Gasteiger partial charge in [0.2, 0.25) is 0 Å². The lowest BCUT2D eigenvalue weighted by Crippen LogP contribution is -2.40. The van der Waals surface area contributed by atoms with Crippen LogP contribution in [-0.2, 0) is 11.3 Å². The third-order valence-electron chi connectivity index (χ3n) is 4.69. The standard InChI is InChI=1S/C20H29N3O3/c1-14(24)17-13-22-11-16(8-9-18(22)21-17)12-23(10-15-6-5-7-15)19(25)26-20(2,3)4/h8-9,11,13-15,24H,5-7,10,12H2,1-4H3. The van der Waals surface area contributed by atoms with Crippen molar-refractivity contribution in [3.8, 4) is 0 Å². The summed E-state index contributed by atoms with van der Waals surface area (Å²) in [6.45, 7) is 8.61. The van der Waals surface area contributed by atoms with E-state index in [2.05, 4.69) is 4.98 Å². The van der Waals surface area contributed by atoms with Gasteiger partial charge in [-0.2, -0.15) is 0 Å². The molecule has 1 fully saturated rings. The molecule has 3 rings (SSSR count). The number of fused-ring (bicyclic) bond motifs is 1. The molecule has 6 heteroatoms. The van der Waals surface area contributed by atoms with Crippen LogP contribution in [0, 0.1) is 5.92 Å². The number of carbonyl (C=O) groups is 1. The molecule has 2 heterocycles. The second-order valence-corrected chi connectivity index (χ2v) is 8.30. The number of hydrogen-bond acceptors (Lipinski definition) is 4. The second-order valence-electron chi connectivity index (χ2n) is 8.30. The molecule has 1 saturated carbocycles. The number of rotatable bonds is 5. The highest BCUT2D eigenvalue weighted by atomic mass is 16.6. The first-order valence-corrected chi connectivity index (χ1v) is 9.35. The van der Waals surface area contributed by atoms with Crippen molar-refractivity contribution in [3.05, 3.63) is 35.8 Å². The van der Waals surface area contributed by atoms with Gasteiger partial charge in [0, 0.05) is 18.9 Å². The summed E-state index contributed by atoms with van der Waals surface area (Å²) in [5.74, 6) is 0.571.